The topological polar surface area (TPSA) is 12.0 Å². The largest absolute Gasteiger partial charge is 0.316 e. The van der Waals surface area contributed by atoms with Crippen molar-refractivity contribution >= 4 is 0 Å². The highest BCUT2D eigenvalue weighted by Gasteiger charge is 2.42. The van der Waals surface area contributed by atoms with Crippen LogP contribution in [0.3, 0.4) is 0 Å². The maximum atomic E-state index is 3.53. The molecule has 82 valence electrons. The Labute approximate surface area is 88.7 Å². The fourth-order valence-electron chi connectivity index (χ4n) is 3.29. The molecule has 1 spiro atoms. The average Bonchev–Trinajstić information content (AvgIpc) is 2.15. The van der Waals surface area contributed by atoms with E-state index in [1.165, 1.54) is 45.2 Å². The van der Waals surface area contributed by atoms with Crippen molar-refractivity contribution in [3.05, 3.63) is 0 Å². The van der Waals surface area contributed by atoms with Crippen molar-refractivity contribution in [1.82, 2.24) is 5.32 Å². The van der Waals surface area contributed by atoms with Crippen LogP contribution in [0.1, 0.15) is 52.9 Å². The van der Waals surface area contributed by atoms with Crippen molar-refractivity contribution in [2.75, 3.05) is 13.1 Å². The van der Waals surface area contributed by atoms with Gasteiger partial charge < -0.3 is 5.32 Å². The molecule has 1 saturated heterocycles. The first-order valence-electron chi connectivity index (χ1n) is 6.25. The van der Waals surface area contributed by atoms with Crippen LogP contribution < -0.4 is 5.32 Å². The Morgan fingerprint density at radius 1 is 1.00 bits per heavy atom. The summed E-state index contributed by atoms with van der Waals surface area (Å²) in [6, 6.07) is 0. The Bertz CT molecular complexity index is 197. The van der Waals surface area contributed by atoms with Gasteiger partial charge in [0.1, 0.15) is 0 Å². The van der Waals surface area contributed by atoms with E-state index in [0.717, 1.165) is 5.92 Å². The zero-order valence-electron chi connectivity index (χ0n) is 10.0. The number of hydrogen-bond donors (Lipinski definition) is 1. The third-order valence-corrected chi connectivity index (χ3v) is 4.89. The van der Waals surface area contributed by atoms with E-state index in [0.29, 0.717) is 10.8 Å². The monoisotopic (exact) mass is 195 g/mol. The Kier molecular flexibility index (Phi) is 2.63. The van der Waals surface area contributed by atoms with Crippen molar-refractivity contribution in [1.29, 1.82) is 0 Å². The van der Waals surface area contributed by atoms with E-state index in [4.69, 9.17) is 0 Å². The molecule has 1 unspecified atom stereocenters. The normalized spacial score (nSPS) is 35.8. The summed E-state index contributed by atoms with van der Waals surface area (Å²) >= 11 is 0. The van der Waals surface area contributed by atoms with E-state index < -0.39 is 0 Å². The first-order valence-corrected chi connectivity index (χ1v) is 6.25. The molecule has 1 aliphatic carbocycles. The van der Waals surface area contributed by atoms with Crippen LogP contribution in [0.15, 0.2) is 0 Å². The summed E-state index contributed by atoms with van der Waals surface area (Å²) in [7, 11) is 0. The molecule has 1 heterocycles. The highest BCUT2D eigenvalue weighted by molar-refractivity contribution is 4.95. The van der Waals surface area contributed by atoms with Crippen molar-refractivity contribution in [2.24, 2.45) is 16.7 Å². The molecule has 1 atom stereocenters. The summed E-state index contributed by atoms with van der Waals surface area (Å²) in [5.74, 6) is 0.896. The van der Waals surface area contributed by atoms with Gasteiger partial charge in [-0.1, -0.05) is 20.8 Å². The fourth-order valence-corrected chi connectivity index (χ4v) is 3.29. The van der Waals surface area contributed by atoms with Gasteiger partial charge in [-0.15, -0.1) is 0 Å². The smallest absolute Gasteiger partial charge is 0.00178 e. The van der Waals surface area contributed by atoms with Gasteiger partial charge in [-0.2, -0.15) is 0 Å². The molecule has 0 bridgehead atoms. The van der Waals surface area contributed by atoms with Gasteiger partial charge in [0.05, 0.1) is 0 Å². The second kappa shape index (κ2) is 3.52. The zero-order valence-corrected chi connectivity index (χ0v) is 10.0. The molecule has 2 fully saturated rings. The van der Waals surface area contributed by atoms with E-state index in [-0.39, 0.29) is 0 Å². The lowest BCUT2D eigenvalue weighted by atomic mass is 9.58. The first kappa shape index (κ1) is 10.5. The Morgan fingerprint density at radius 2 is 1.64 bits per heavy atom. The van der Waals surface area contributed by atoms with Crippen LogP contribution in [0, 0.1) is 16.7 Å². The van der Waals surface area contributed by atoms with Crippen molar-refractivity contribution in [2.45, 2.75) is 52.9 Å². The molecular weight excluding hydrogens is 170 g/mol. The molecular formula is C13H25N. The van der Waals surface area contributed by atoms with Crippen LogP contribution in [0.4, 0.5) is 0 Å². The van der Waals surface area contributed by atoms with Crippen LogP contribution in [0.25, 0.3) is 0 Å². The highest BCUT2D eigenvalue weighted by Crippen LogP contribution is 2.51. The Hall–Kier alpha value is -0.0400. The van der Waals surface area contributed by atoms with Crippen LogP contribution in [0.5, 0.6) is 0 Å². The summed E-state index contributed by atoms with van der Waals surface area (Å²) < 4.78 is 0. The quantitative estimate of drug-likeness (QED) is 0.626. The lowest BCUT2D eigenvalue weighted by Crippen LogP contribution is -2.46. The van der Waals surface area contributed by atoms with Crippen LogP contribution in [-0.2, 0) is 0 Å². The molecule has 0 aromatic heterocycles. The standard InChI is InChI=1S/C13H25N/c1-11-10-14-9-8-13(11)6-4-12(2,3)5-7-13/h11,14H,4-10H2,1-3H3. The summed E-state index contributed by atoms with van der Waals surface area (Å²) in [6.45, 7) is 9.83. The SMILES string of the molecule is CC1CNCCC12CCC(C)(C)CC2. The van der Waals surface area contributed by atoms with E-state index in [1.54, 1.807) is 0 Å². The Balaban J connectivity index is 2.03. The van der Waals surface area contributed by atoms with Gasteiger partial charge in [0, 0.05) is 0 Å². The van der Waals surface area contributed by atoms with Crippen molar-refractivity contribution in [3.8, 4) is 0 Å². The zero-order chi connectivity index (χ0) is 10.2. The van der Waals surface area contributed by atoms with Crippen LogP contribution in [-0.4, -0.2) is 13.1 Å². The third-order valence-electron chi connectivity index (χ3n) is 4.89. The predicted molar refractivity (Wildman–Crippen MR) is 61.3 cm³/mol. The summed E-state index contributed by atoms with van der Waals surface area (Å²) in [6.07, 6.45) is 7.25. The molecule has 2 aliphatic rings. The van der Waals surface area contributed by atoms with E-state index in [2.05, 4.69) is 26.1 Å². The van der Waals surface area contributed by atoms with Crippen molar-refractivity contribution in [3.63, 3.8) is 0 Å². The second-order valence-electron chi connectivity index (χ2n) is 6.38. The molecule has 1 nitrogen and oxygen atoms in total. The highest BCUT2D eigenvalue weighted by atomic mass is 14.9. The minimum atomic E-state index is 0.621. The molecule has 1 aliphatic heterocycles. The van der Waals surface area contributed by atoms with Gasteiger partial charge in [-0.3, -0.25) is 0 Å². The minimum Gasteiger partial charge on any atom is -0.316 e. The molecule has 14 heavy (non-hydrogen) atoms. The molecule has 1 N–H and O–H groups in total. The van der Waals surface area contributed by atoms with Gasteiger partial charge in [-0.25, -0.2) is 0 Å². The maximum absolute atomic E-state index is 3.53. The Morgan fingerprint density at radius 3 is 2.21 bits per heavy atom. The maximum Gasteiger partial charge on any atom is -0.00178 e. The van der Waals surface area contributed by atoms with Crippen LogP contribution in [0.2, 0.25) is 0 Å². The minimum absolute atomic E-state index is 0.621. The van der Waals surface area contributed by atoms with Gasteiger partial charge in [-0.05, 0) is 61.9 Å². The molecule has 0 amide bonds. The first-order chi connectivity index (χ1) is 6.54. The lowest BCUT2D eigenvalue weighted by Gasteiger charge is -2.49. The third kappa shape index (κ3) is 1.84. The van der Waals surface area contributed by atoms with E-state index in [9.17, 15) is 0 Å². The molecule has 2 rings (SSSR count). The summed E-state index contributed by atoms with van der Waals surface area (Å²) in [5.41, 5.74) is 1.33. The fraction of sp³-hybridized carbons (Fsp3) is 1.00. The number of nitrogens with one attached hydrogen (secondary N) is 1. The number of rotatable bonds is 0. The van der Waals surface area contributed by atoms with Gasteiger partial charge >= 0.3 is 0 Å². The lowest BCUT2D eigenvalue weighted by molar-refractivity contribution is 0.0258. The van der Waals surface area contributed by atoms with E-state index >= 15 is 0 Å². The number of piperidine rings is 1. The average molecular weight is 195 g/mol. The molecule has 1 saturated carbocycles. The molecule has 1 heteroatoms. The summed E-state index contributed by atoms with van der Waals surface area (Å²) in [5, 5.41) is 3.53. The van der Waals surface area contributed by atoms with Crippen molar-refractivity contribution < 1.29 is 0 Å². The number of hydrogen-bond acceptors (Lipinski definition) is 1. The predicted octanol–water partition coefficient (Wildman–Crippen LogP) is 3.20. The summed E-state index contributed by atoms with van der Waals surface area (Å²) in [4.78, 5) is 0. The van der Waals surface area contributed by atoms with Gasteiger partial charge in [0.15, 0.2) is 0 Å². The van der Waals surface area contributed by atoms with Crippen LogP contribution >= 0.6 is 0 Å². The molecule has 0 radical (unpaired) electrons. The van der Waals surface area contributed by atoms with Gasteiger partial charge in [0.25, 0.3) is 0 Å². The molecule has 0 aromatic rings. The molecule has 0 aromatic carbocycles. The van der Waals surface area contributed by atoms with E-state index in [1.807, 2.05) is 0 Å². The van der Waals surface area contributed by atoms with Gasteiger partial charge in [0.2, 0.25) is 0 Å². The second-order valence-corrected chi connectivity index (χ2v) is 6.38.